The number of amides is 3. The van der Waals surface area contributed by atoms with Crippen LogP contribution in [0.5, 0.6) is 0 Å². The van der Waals surface area contributed by atoms with Gasteiger partial charge in [-0.2, -0.15) is 11.8 Å². The zero-order chi connectivity index (χ0) is 27.7. The van der Waals surface area contributed by atoms with E-state index in [9.17, 15) is 14.4 Å². The van der Waals surface area contributed by atoms with E-state index in [1.165, 1.54) is 0 Å². The fourth-order valence-corrected chi connectivity index (χ4v) is 4.39. The van der Waals surface area contributed by atoms with Gasteiger partial charge in [0.15, 0.2) is 0 Å². The second-order valence-electron chi connectivity index (χ2n) is 11.4. The Morgan fingerprint density at radius 3 is 2.08 bits per heavy atom. The number of ether oxygens (including phenoxy) is 1. The van der Waals surface area contributed by atoms with Crippen LogP contribution in [0, 0.1) is 13.8 Å². The molecule has 1 rings (SSSR count). The summed E-state index contributed by atoms with van der Waals surface area (Å²) in [6.07, 6.45) is 3.34. The van der Waals surface area contributed by atoms with Gasteiger partial charge in [-0.05, 0) is 85.8 Å². The number of alkyl carbamates (subject to hydrolysis) is 1. The maximum atomic E-state index is 14.1. The van der Waals surface area contributed by atoms with Crippen LogP contribution in [0.1, 0.15) is 90.5 Å². The van der Waals surface area contributed by atoms with E-state index in [0.717, 1.165) is 29.5 Å². The second kappa shape index (κ2) is 13.9. The number of nitrogens with one attached hydrogen (secondary N) is 2. The average Bonchev–Trinajstić information content (AvgIpc) is 2.70. The van der Waals surface area contributed by atoms with Crippen LogP contribution in [0.2, 0.25) is 0 Å². The average molecular weight is 522 g/mol. The van der Waals surface area contributed by atoms with Gasteiger partial charge in [0, 0.05) is 12.1 Å². The lowest BCUT2D eigenvalue weighted by Crippen LogP contribution is -2.55. The smallest absolute Gasteiger partial charge is 0.408 e. The molecule has 7 nitrogen and oxygen atoms in total. The van der Waals surface area contributed by atoms with E-state index in [1.807, 2.05) is 66.0 Å². The molecule has 8 heteroatoms. The number of thioether (sulfide) groups is 1. The predicted octanol–water partition coefficient (Wildman–Crippen LogP) is 5.53. The summed E-state index contributed by atoms with van der Waals surface area (Å²) in [7, 11) is 0. The number of nitrogens with zero attached hydrogens (tertiary/aromatic N) is 1. The number of hydrogen-bond acceptors (Lipinski definition) is 5. The Hall–Kier alpha value is -2.22. The molecule has 0 aliphatic carbocycles. The van der Waals surface area contributed by atoms with E-state index >= 15 is 0 Å². The number of benzene rings is 1. The van der Waals surface area contributed by atoms with Gasteiger partial charge < -0.3 is 20.3 Å². The standard InChI is InChI=1S/C28H47N3O4S/c1-11-12-14-31(25(33)22(13-15-36-10)29-26(34)35-28(7,8)9)23(24(32)30-27(4,5)6)21-17-19(2)16-20(3)18-21/h16-18,22-23H,11-15H2,1-10H3,(H,29,34)(H,30,32). The van der Waals surface area contributed by atoms with E-state index in [4.69, 9.17) is 4.74 Å². The zero-order valence-corrected chi connectivity index (χ0v) is 24.7. The van der Waals surface area contributed by atoms with Crippen molar-refractivity contribution in [3.8, 4) is 0 Å². The van der Waals surface area contributed by atoms with Gasteiger partial charge in [-0.3, -0.25) is 9.59 Å². The van der Waals surface area contributed by atoms with Crippen molar-refractivity contribution in [3.05, 3.63) is 34.9 Å². The maximum Gasteiger partial charge on any atom is 0.408 e. The van der Waals surface area contributed by atoms with Crippen molar-refractivity contribution in [2.24, 2.45) is 0 Å². The van der Waals surface area contributed by atoms with E-state index in [1.54, 1.807) is 37.4 Å². The van der Waals surface area contributed by atoms with Gasteiger partial charge in [-0.25, -0.2) is 4.79 Å². The van der Waals surface area contributed by atoms with E-state index in [2.05, 4.69) is 10.6 Å². The molecule has 0 heterocycles. The number of hydrogen-bond donors (Lipinski definition) is 2. The van der Waals surface area contributed by atoms with Crippen LogP contribution in [0.3, 0.4) is 0 Å². The monoisotopic (exact) mass is 521 g/mol. The molecule has 0 bridgehead atoms. The van der Waals surface area contributed by atoms with Gasteiger partial charge in [0.25, 0.3) is 0 Å². The molecule has 204 valence electrons. The summed E-state index contributed by atoms with van der Waals surface area (Å²) in [4.78, 5) is 42.1. The molecule has 0 aliphatic heterocycles. The highest BCUT2D eigenvalue weighted by Gasteiger charge is 2.37. The fourth-order valence-electron chi connectivity index (χ4n) is 3.92. The lowest BCUT2D eigenvalue weighted by molar-refractivity contribution is -0.143. The van der Waals surface area contributed by atoms with Crippen LogP contribution in [-0.4, -0.2) is 58.5 Å². The Bertz CT molecular complexity index is 870. The number of unbranched alkanes of at least 4 members (excludes halogenated alkanes) is 1. The van der Waals surface area contributed by atoms with Crippen LogP contribution in [-0.2, 0) is 14.3 Å². The summed E-state index contributed by atoms with van der Waals surface area (Å²) >= 11 is 1.60. The Balaban J connectivity index is 3.54. The van der Waals surface area contributed by atoms with Crippen molar-refractivity contribution in [3.63, 3.8) is 0 Å². The first kappa shape index (κ1) is 31.8. The normalized spacial score (nSPS) is 13.5. The summed E-state index contributed by atoms with van der Waals surface area (Å²) in [6, 6.07) is 4.35. The molecule has 0 radical (unpaired) electrons. The predicted molar refractivity (Wildman–Crippen MR) is 149 cm³/mol. The number of rotatable bonds is 11. The van der Waals surface area contributed by atoms with Crippen molar-refractivity contribution < 1.29 is 19.1 Å². The van der Waals surface area contributed by atoms with E-state index in [0.29, 0.717) is 18.7 Å². The SMILES string of the molecule is CCCCN(C(=O)C(CCSC)NC(=O)OC(C)(C)C)C(C(=O)NC(C)(C)C)c1cc(C)cc(C)c1. The summed E-state index contributed by atoms with van der Waals surface area (Å²) in [5.41, 5.74) is 1.65. The largest absolute Gasteiger partial charge is 0.444 e. The summed E-state index contributed by atoms with van der Waals surface area (Å²) < 4.78 is 5.44. The minimum absolute atomic E-state index is 0.238. The van der Waals surface area contributed by atoms with Gasteiger partial charge in [0.2, 0.25) is 11.8 Å². The molecule has 0 saturated carbocycles. The third-order valence-electron chi connectivity index (χ3n) is 5.25. The van der Waals surface area contributed by atoms with Crippen LogP contribution in [0.15, 0.2) is 18.2 Å². The van der Waals surface area contributed by atoms with Gasteiger partial charge in [-0.1, -0.05) is 42.7 Å². The molecule has 3 amide bonds. The zero-order valence-electron chi connectivity index (χ0n) is 23.9. The van der Waals surface area contributed by atoms with Gasteiger partial charge in [0.1, 0.15) is 17.7 Å². The Labute approximate surface area is 222 Å². The van der Waals surface area contributed by atoms with Crippen LogP contribution >= 0.6 is 11.8 Å². The van der Waals surface area contributed by atoms with Crippen LogP contribution in [0.4, 0.5) is 4.79 Å². The molecule has 0 aliphatic rings. The Morgan fingerprint density at radius 2 is 1.61 bits per heavy atom. The Kier molecular flexibility index (Phi) is 12.3. The molecular weight excluding hydrogens is 474 g/mol. The van der Waals surface area contributed by atoms with Crippen LogP contribution in [0.25, 0.3) is 0 Å². The molecule has 2 N–H and O–H groups in total. The molecule has 0 spiro atoms. The molecule has 36 heavy (non-hydrogen) atoms. The third-order valence-corrected chi connectivity index (χ3v) is 5.90. The first-order valence-electron chi connectivity index (χ1n) is 12.8. The fraction of sp³-hybridized carbons (Fsp3) is 0.679. The number of aryl methyl sites for hydroxylation is 2. The molecule has 2 atom stereocenters. The van der Waals surface area contributed by atoms with Crippen molar-refractivity contribution in [1.29, 1.82) is 0 Å². The summed E-state index contributed by atoms with van der Waals surface area (Å²) in [5.74, 6) is 0.158. The lowest BCUT2D eigenvalue weighted by atomic mass is 9.97. The molecule has 0 fully saturated rings. The van der Waals surface area contributed by atoms with Gasteiger partial charge >= 0.3 is 6.09 Å². The molecule has 2 unspecified atom stereocenters. The summed E-state index contributed by atoms with van der Waals surface area (Å²) in [5, 5.41) is 5.86. The second-order valence-corrected chi connectivity index (χ2v) is 12.4. The highest BCUT2D eigenvalue weighted by molar-refractivity contribution is 7.98. The lowest BCUT2D eigenvalue weighted by Gasteiger charge is -2.36. The Morgan fingerprint density at radius 1 is 1.03 bits per heavy atom. The van der Waals surface area contributed by atoms with Crippen molar-refractivity contribution in [2.75, 3.05) is 18.6 Å². The molecule has 0 saturated heterocycles. The molecular formula is C28H47N3O4S. The van der Waals surface area contributed by atoms with Crippen molar-refractivity contribution in [2.45, 2.75) is 105 Å². The van der Waals surface area contributed by atoms with Crippen LogP contribution < -0.4 is 10.6 Å². The number of carbonyl (C=O) groups is 3. The van der Waals surface area contributed by atoms with E-state index < -0.39 is 29.3 Å². The van der Waals surface area contributed by atoms with Gasteiger partial charge in [-0.15, -0.1) is 0 Å². The van der Waals surface area contributed by atoms with E-state index in [-0.39, 0.29) is 11.8 Å². The maximum absolute atomic E-state index is 14.1. The third kappa shape index (κ3) is 11.2. The minimum atomic E-state index is -0.820. The molecule has 1 aromatic rings. The van der Waals surface area contributed by atoms with Crippen molar-refractivity contribution in [1.82, 2.24) is 15.5 Å². The topological polar surface area (TPSA) is 87.7 Å². The highest BCUT2D eigenvalue weighted by Crippen LogP contribution is 2.27. The number of carbonyl (C=O) groups excluding carboxylic acids is 3. The molecule has 0 aromatic heterocycles. The minimum Gasteiger partial charge on any atom is -0.444 e. The first-order chi connectivity index (χ1) is 16.6. The summed E-state index contributed by atoms with van der Waals surface area (Å²) in [6.45, 7) is 17.5. The van der Waals surface area contributed by atoms with Crippen molar-refractivity contribution >= 4 is 29.7 Å². The quantitative estimate of drug-likeness (QED) is 0.400. The first-order valence-corrected chi connectivity index (χ1v) is 14.2. The highest BCUT2D eigenvalue weighted by atomic mass is 32.2. The molecule has 1 aromatic carbocycles. The van der Waals surface area contributed by atoms with Gasteiger partial charge in [0.05, 0.1) is 0 Å².